The molecule has 0 aromatic heterocycles. The van der Waals surface area contributed by atoms with Crippen LogP contribution in [0.15, 0.2) is 36.4 Å². The zero-order valence-corrected chi connectivity index (χ0v) is 24.0. The van der Waals surface area contributed by atoms with Crippen molar-refractivity contribution in [3.05, 3.63) is 64.2 Å². The van der Waals surface area contributed by atoms with Gasteiger partial charge in [-0.3, -0.25) is 0 Å². The van der Waals surface area contributed by atoms with Crippen LogP contribution >= 0.6 is 0 Å². The predicted molar refractivity (Wildman–Crippen MR) is 151 cm³/mol. The van der Waals surface area contributed by atoms with Gasteiger partial charge in [0.15, 0.2) is 0 Å². The molecule has 4 rings (SSSR count). The van der Waals surface area contributed by atoms with Crippen LogP contribution in [0.4, 0.5) is 0 Å². The van der Waals surface area contributed by atoms with E-state index in [9.17, 15) is 5.11 Å². The van der Waals surface area contributed by atoms with Gasteiger partial charge in [-0.05, 0) is 108 Å². The Morgan fingerprint density at radius 1 is 0.833 bits per heavy atom. The van der Waals surface area contributed by atoms with Crippen molar-refractivity contribution < 1.29 is 14.4 Å². The van der Waals surface area contributed by atoms with Crippen molar-refractivity contribution in [2.75, 3.05) is 0 Å². The van der Waals surface area contributed by atoms with Crippen LogP contribution < -0.4 is 5.46 Å². The lowest BCUT2D eigenvalue weighted by molar-refractivity contribution is 0.00578. The first-order valence-corrected chi connectivity index (χ1v) is 14.2. The van der Waals surface area contributed by atoms with Crippen molar-refractivity contribution in [3.8, 4) is 0 Å². The highest BCUT2D eigenvalue weighted by Crippen LogP contribution is 2.41. The van der Waals surface area contributed by atoms with E-state index in [4.69, 9.17) is 9.31 Å². The van der Waals surface area contributed by atoms with Gasteiger partial charge in [-0.15, -0.1) is 0 Å². The van der Waals surface area contributed by atoms with Crippen molar-refractivity contribution in [3.63, 3.8) is 0 Å². The SMILES string of the molecule is CCC(CC)(c1ccc(CCC2(O)CCCC2)c(C)c1)c1ccc(B2OC(C)(C)C(C)(C)O2)c(C)c1. The average molecular weight is 491 g/mol. The Labute approximate surface area is 220 Å². The van der Waals surface area contributed by atoms with E-state index in [0.717, 1.165) is 56.8 Å². The molecule has 0 spiro atoms. The summed E-state index contributed by atoms with van der Waals surface area (Å²) < 4.78 is 12.7. The maximum absolute atomic E-state index is 10.8. The fourth-order valence-corrected chi connectivity index (χ4v) is 6.37. The Hall–Kier alpha value is -1.62. The van der Waals surface area contributed by atoms with E-state index in [-0.39, 0.29) is 23.7 Å². The molecule has 2 aromatic carbocycles. The normalized spacial score (nSPS) is 20.8. The molecule has 1 N–H and O–H groups in total. The Balaban J connectivity index is 1.60. The number of rotatable bonds is 8. The summed E-state index contributed by atoms with van der Waals surface area (Å²) >= 11 is 0. The van der Waals surface area contributed by atoms with Gasteiger partial charge < -0.3 is 14.4 Å². The van der Waals surface area contributed by atoms with E-state index in [1.54, 1.807) is 0 Å². The first-order chi connectivity index (χ1) is 16.9. The molecule has 2 aliphatic rings. The molecule has 1 saturated heterocycles. The zero-order chi connectivity index (χ0) is 26.4. The van der Waals surface area contributed by atoms with Gasteiger partial charge in [-0.25, -0.2) is 0 Å². The van der Waals surface area contributed by atoms with Gasteiger partial charge in [0, 0.05) is 5.41 Å². The molecule has 1 saturated carbocycles. The molecule has 0 bridgehead atoms. The highest BCUT2D eigenvalue weighted by Gasteiger charge is 2.52. The Kier molecular flexibility index (Phi) is 7.56. The average Bonchev–Trinajstić information content (AvgIpc) is 3.34. The van der Waals surface area contributed by atoms with E-state index >= 15 is 0 Å². The van der Waals surface area contributed by atoms with Crippen molar-refractivity contribution in [1.29, 1.82) is 0 Å². The molecule has 1 heterocycles. The summed E-state index contributed by atoms with van der Waals surface area (Å²) in [7, 11) is -0.335. The lowest BCUT2D eigenvalue weighted by atomic mass is 9.67. The van der Waals surface area contributed by atoms with E-state index in [1.807, 2.05) is 0 Å². The van der Waals surface area contributed by atoms with Gasteiger partial charge in [-0.1, -0.05) is 68.7 Å². The molecule has 1 aliphatic carbocycles. The smallest absolute Gasteiger partial charge is 0.399 e. The second-order valence-electron chi connectivity index (χ2n) is 12.5. The molecule has 0 unspecified atom stereocenters. The minimum atomic E-state index is -0.446. The molecule has 36 heavy (non-hydrogen) atoms. The number of aryl methyl sites for hydroxylation is 3. The molecule has 1 aliphatic heterocycles. The van der Waals surface area contributed by atoms with Gasteiger partial charge in [0.1, 0.15) is 0 Å². The summed E-state index contributed by atoms with van der Waals surface area (Å²) in [6.45, 7) is 17.5. The number of hydrogen-bond donors (Lipinski definition) is 1. The lowest BCUT2D eigenvalue weighted by Gasteiger charge is -2.34. The molecule has 196 valence electrons. The first kappa shape index (κ1) is 27.4. The molecular formula is C32H47BO3. The Morgan fingerprint density at radius 3 is 1.86 bits per heavy atom. The third-order valence-electron chi connectivity index (χ3n) is 9.83. The van der Waals surface area contributed by atoms with Crippen molar-refractivity contribution >= 4 is 12.6 Å². The van der Waals surface area contributed by atoms with Crippen LogP contribution in [-0.4, -0.2) is 29.0 Å². The van der Waals surface area contributed by atoms with E-state index < -0.39 is 5.60 Å². The third-order valence-corrected chi connectivity index (χ3v) is 9.83. The highest BCUT2D eigenvalue weighted by molar-refractivity contribution is 6.62. The van der Waals surface area contributed by atoms with E-state index in [2.05, 4.69) is 91.8 Å². The molecule has 0 atom stereocenters. The Morgan fingerprint density at radius 2 is 1.36 bits per heavy atom. The van der Waals surface area contributed by atoms with Gasteiger partial charge in [-0.2, -0.15) is 0 Å². The summed E-state index contributed by atoms with van der Waals surface area (Å²) in [5, 5.41) is 10.8. The van der Waals surface area contributed by atoms with Gasteiger partial charge in [0.2, 0.25) is 0 Å². The minimum absolute atomic E-state index is 0.0355. The molecule has 4 heteroatoms. The lowest BCUT2D eigenvalue weighted by Crippen LogP contribution is -2.41. The van der Waals surface area contributed by atoms with Crippen LogP contribution in [-0.2, 0) is 21.1 Å². The molecule has 0 amide bonds. The second kappa shape index (κ2) is 9.93. The highest BCUT2D eigenvalue weighted by atomic mass is 16.7. The van der Waals surface area contributed by atoms with Crippen LogP contribution in [0.5, 0.6) is 0 Å². The van der Waals surface area contributed by atoms with Crippen LogP contribution in [0, 0.1) is 13.8 Å². The van der Waals surface area contributed by atoms with Crippen LogP contribution in [0.3, 0.4) is 0 Å². The Bertz CT molecular complexity index is 1060. The minimum Gasteiger partial charge on any atom is -0.399 e. The number of aliphatic hydroxyl groups is 1. The maximum atomic E-state index is 10.8. The van der Waals surface area contributed by atoms with E-state index in [0.29, 0.717) is 0 Å². The summed E-state index contributed by atoms with van der Waals surface area (Å²) in [6.07, 6.45) is 8.15. The standard InChI is InChI=1S/C32H47BO3/c1-9-32(10-2,26-14-13-25(23(3)21-26)17-20-31(34)18-11-12-19-31)27-15-16-28(24(4)22-27)33-35-29(5,6)30(7,8)36-33/h13-16,21-22,34H,9-12,17-20H2,1-8H3. The molecular weight excluding hydrogens is 443 g/mol. The molecule has 3 nitrogen and oxygen atoms in total. The first-order valence-electron chi connectivity index (χ1n) is 14.2. The van der Waals surface area contributed by atoms with Crippen molar-refractivity contribution in [2.24, 2.45) is 0 Å². The zero-order valence-electron chi connectivity index (χ0n) is 24.0. The summed E-state index contributed by atoms with van der Waals surface area (Å²) in [5.74, 6) is 0. The van der Waals surface area contributed by atoms with Crippen LogP contribution in [0.2, 0.25) is 0 Å². The van der Waals surface area contributed by atoms with Gasteiger partial charge >= 0.3 is 7.12 Å². The summed E-state index contributed by atoms with van der Waals surface area (Å²) in [4.78, 5) is 0. The van der Waals surface area contributed by atoms with E-state index in [1.165, 1.54) is 27.8 Å². The monoisotopic (exact) mass is 490 g/mol. The maximum Gasteiger partial charge on any atom is 0.495 e. The summed E-state index contributed by atoms with van der Waals surface area (Å²) in [6, 6.07) is 13.9. The van der Waals surface area contributed by atoms with Gasteiger partial charge in [0.25, 0.3) is 0 Å². The molecule has 2 aromatic rings. The fraction of sp³-hybridized carbons (Fsp3) is 0.625. The third kappa shape index (κ3) is 4.94. The largest absolute Gasteiger partial charge is 0.495 e. The van der Waals surface area contributed by atoms with Crippen LogP contribution in [0.1, 0.15) is 114 Å². The van der Waals surface area contributed by atoms with Crippen molar-refractivity contribution in [2.45, 2.75) is 129 Å². The quantitative estimate of drug-likeness (QED) is 0.407. The topological polar surface area (TPSA) is 38.7 Å². The molecule has 0 radical (unpaired) electrons. The molecule has 2 fully saturated rings. The predicted octanol–water partition coefficient (Wildman–Crippen LogP) is 6.95. The number of benzene rings is 2. The fourth-order valence-electron chi connectivity index (χ4n) is 6.37. The second-order valence-corrected chi connectivity index (χ2v) is 12.5. The van der Waals surface area contributed by atoms with Crippen molar-refractivity contribution in [1.82, 2.24) is 0 Å². The van der Waals surface area contributed by atoms with Crippen LogP contribution in [0.25, 0.3) is 0 Å². The van der Waals surface area contributed by atoms with Gasteiger partial charge in [0.05, 0.1) is 16.8 Å². The summed E-state index contributed by atoms with van der Waals surface area (Å²) in [5.41, 5.74) is 6.63. The number of hydrogen-bond acceptors (Lipinski definition) is 3.